The summed E-state index contributed by atoms with van der Waals surface area (Å²) < 4.78 is 68.8. The number of rotatable bonds is 5. The first-order valence-corrected chi connectivity index (χ1v) is 11.5. The molecule has 186 valence electrons. The fourth-order valence-corrected chi connectivity index (χ4v) is 4.98. The largest absolute Gasteiger partial charge is 0.363 e. The Balaban J connectivity index is 1.44. The lowest BCUT2D eigenvalue weighted by Crippen LogP contribution is -2.50. The van der Waals surface area contributed by atoms with E-state index in [2.05, 4.69) is 20.3 Å². The summed E-state index contributed by atoms with van der Waals surface area (Å²) in [7, 11) is 0. The molecule has 11 heteroatoms. The van der Waals surface area contributed by atoms with Crippen LogP contribution >= 0.6 is 0 Å². The minimum atomic E-state index is -2.92. The van der Waals surface area contributed by atoms with Crippen molar-refractivity contribution in [2.24, 2.45) is 0 Å². The maximum atomic E-state index is 14.7. The van der Waals surface area contributed by atoms with Gasteiger partial charge in [-0.2, -0.15) is 0 Å². The zero-order valence-corrected chi connectivity index (χ0v) is 19.3. The molecule has 0 spiro atoms. The van der Waals surface area contributed by atoms with Crippen molar-refractivity contribution in [1.29, 1.82) is 0 Å². The summed E-state index contributed by atoms with van der Waals surface area (Å²) in [6.45, 7) is 4.68. The van der Waals surface area contributed by atoms with Crippen LogP contribution in [0, 0.1) is 12.7 Å². The van der Waals surface area contributed by atoms with Crippen molar-refractivity contribution in [3.05, 3.63) is 53.2 Å². The van der Waals surface area contributed by atoms with Gasteiger partial charge in [0.1, 0.15) is 23.3 Å². The number of nitrogens with zero attached hydrogens (tertiary/aromatic N) is 5. The maximum absolute atomic E-state index is 14.7. The molecule has 2 aliphatic heterocycles. The summed E-state index contributed by atoms with van der Waals surface area (Å²) in [5, 5.41) is 3.76. The fourth-order valence-electron chi connectivity index (χ4n) is 4.98. The number of nitrogens with one attached hydrogen (secondary N) is 1. The first kappa shape index (κ1) is 23.7. The lowest BCUT2D eigenvalue weighted by atomic mass is 10.0. The summed E-state index contributed by atoms with van der Waals surface area (Å²) >= 11 is 0. The zero-order chi connectivity index (χ0) is 24.9. The lowest BCUT2D eigenvalue weighted by Gasteiger charge is -2.37. The van der Waals surface area contributed by atoms with Crippen molar-refractivity contribution in [3.8, 4) is 0 Å². The van der Waals surface area contributed by atoms with E-state index in [-0.39, 0.29) is 24.6 Å². The van der Waals surface area contributed by atoms with E-state index in [9.17, 15) is 22.0 Å². The predicted octanol–water partition coefficient (Wildman–Crippen LogP) is 5.11. The number of aromatic nitrogens is 3. The number of pyridine rings is 1. The molecule has 1 N–H and O–H groups in total. The minimum absolute atomic E-state index is 0.0970. The van der Waals surface area contributed by atoms with E-state index in [0.29, 0.717) is 48.0 Å². The van der Waals surface area contributed by atoms with Gasteiger partial charge in [-0.3, -0.25) is 4.90 Å². The molecular formula is C24H25F5N6. The van der Waals surface area contributed by atoms with Crippen LogP contribution in [0.5, 0.6) is 0 Å². The van der Waals surface area contributed by atoms with Crippen LogP contribution in [-0.4, -0.2) is 58.0 Å². The molecule has 1 aromatic carbocycles. The van der Waals surface area contributed by atoms with Gasteiger partial charge in [-0.15, -0.1) is 0 Å². The van der Waals surface area contributed by atoms with Crippen molar-refractivity contribution in [2.45, 2.75) is 44.7 Å². The van der Waals surface area contributed by atoms with E-state index in [1.807, 2.05) is 9.80 Å². The summed E-state index contributed by atoms with van der Waals surface area (Å²) in [4.78, 5) is 17.2. The number of hydrogen-bond acceptors (Lipinski definition) is 6. The summed E-state index contributed by atoms with van der Waals surface area (Å²) in [6, 6.07) is 4.81. The third kappa shape index (κ3) is 4.61. The molecule has 0 radical (unpaired) electrons. The van der Waals surface area contributed by atoms with Gasteiger partial charge < -0.3 is 10.2 Å². The highest BCUT2D eigenvalue weighted by Crippen LogP contribution is 2.36. The molecule has 2 saturated heterocycles. The van der Waals surface area contributed by atoms with Crippen molar-refractivity contribution in [3.63, 3.8) is 0 Å². The van der Waals surface area contributed by atoms with Gasteiger partial charge in [0.25, 0.3) is 12.3 Å². The van der Waals surface area contributed by atoms with Crippen LogP contribution in [0.25, 0.3) is 10.9 Å². The van der Waals surface area contributed by atoms with Crippen LogP contribution < -0.4 is 10.2 Å². The van der Waals surface area contributed by atoms with Crippen molar-refractivity contribution >= 4 is 22.5 Å². The molecule has 5 rings (SSSR count). The number of piperazine rings is 1. The Morgan fingerprint density at radius 2 is 1.91 bits per heavy atom. The van der Waals surface area contributed by atoms with Crippen LogP contribution in [0.3, 0.4) is 0 Å². The maximum Gasteiger partial charge on any atom is 0.266 e. The third-order valence-corrected chi connectivity index (χ3v) is 6.69. The fraction of sp³-hybridized carbons (Fsp3) is 0.458. The molecule has 0 aliphatic carbocycles. The number of aryl methyl sites for hydroxylation is 1. The van der Waals surface area contributed by atoms with E-state index in [1.165, 1.54) is 12.1 Å². The van der Waals surface area contributed by atoms with Crippen molar-refractivity contribution < 1.29 is 22.0 Å². The first-order chi connectivity index (χ1) is 16.6. The summed E-state index contributed by atoms with van der Waals surface area (Å²) in [6.07, 6.45) is -1.49. The number of alkyl halides is 4. The Hall–Kier alpha value is -3.08. The number of benzene rings is 1. The smallest absolute Gasteiger partial charge is 0.266 e. The predicted molar refractivity (Wildman–Crippen MR) is 123 cm³/mol. The molecule has 4 heterocycles. The Morgan fingerprint density at radius 3 is 2.69 bits per heavy atom. The van der Waals surface area contributed by atoms with Crippen LogP contribution in [0.1, 0.15) is 42.8 Å². The van der Waals surface area contributed by atoms with E-state index in [1.54, 1.807) is 26.1 Å². The molecule has 1 unspecified atom stereocenters. The van der Waals surface area contributed by atoms with Crippen LogP contribution in [0.4, 0.5) is 33.6 Å². The van der Waals surface area contributed by atoms with Gasteiger partial charge in [-0.05, 0) is 19.9 Å². The molecule has 3 aromatic rings. The molecule has 2 aromatic heterocycles. The second-order valence-corrected chi connectivity index (χ2v) is 9.23. The number of anilines is 2. The monoisotopic (exact) mass is 492 g/mol. The van der Waals surface area contributed by atoms with E-state index < -0.39 is 29.8 Å². The van der Waals surface area contributed by atoms with Gasteiger partial charge in [0, 0.05) is 43.0 Å². The zero-order valence-electron chi connectivity index (χ0n) is 19.3. The summed E-state index contributed by atoms with van der Waals surface area (Å²) in [5.74, 6) is -2.14. The molecule has 0 saturated carbocycles. The SMILES string of the molecule is Cc1nc(N[C@H](C)c2cccc(C(F)F)c2F)c2cc(N3CCN4CC(F)(F)CC4C3)ncc2n1. The van der Waals surface area contributed by atoms with Crippen LogP contribution in [-0.2, 0) is 0 Å². The number of halogens is 5. The molecule has 0 amide bonds. The Kier molecular flexibility index (Phi) is 5.98. The van der Waals surface area contributed by atoms with Crippen molar-refractivity contribution in [2.75, 3.05) is 36.4 Å². The standard InChI is InChI=1S/C24H25F5N6/c1-13(16-4-3-5-17(21(16)25)22(26)27)31-23-18-8-20(30-10-19(18)32-14(2)33-23)34-6-7-35-12-24(28,29)9-15(35)11-34/h3-5,8,10,13,15,22H,6-7,9,11-12H2,1-2H3,(H,31,32,33)/t13-,15?/m1/s1. The Morgan fingerprint density at radius 1 is 1.14 bits per heavy atom. The third-order valence-electron chi connectivity index (χ3n) is 6.69. The minimum Gasteiger partial charge on any atom is -0.363 e. The molecule has 35 heavy (non-hydrogen) atoms. The van der Waals surface area contributed by atoms with Crippen LogP contribution in [0.15, 0.2) is 30.5 Å². The average Bonchev–Trinajstić information content (AvgIpc) is 3.11. The van der Waals surface area contributed by atoms with Gasteiger partial charge in [0.15, 0.2) is 0 Å². The van der Waals surface area contributed by atoms with Gasteiger partial charge in [-0.25, -0.2) is 36.9 Å². The van der Waals surface area contributed by atoms with Gasteiger partial charge in [0.2, 0.25) is 0 Å². The van der Waals surface area contributed by atoms with Crippen LogP contribution in [0.2, 0.25) is 0 Å². The normalized spacial score (nSPS) is 20.9. The highest BCUT2D eigenvalue weighted by atomic mass is 19.3. The molecule has 2 atom stereocenters. The summed E-state index contributed by atoms with van der Waals surface area (Å²) in [5.41, 5.74) is 0.00608. The average molecular weight is 492 g/mol. The molecule has 0 bridgehead atoms. The molecule has 2 aliphatic rings. The Labute approximate surface area is 199 Å². The Bertz CT molecular complexity index is 1250. The quantitative estimate of drug-likeness (QED) is 0.500. The van der Waals surface area contributed by atoms with E-state index in [4.69, 9.17) is 0 Å². The first-order valence-electron chi connectivity index (χ1n) is 11.5. The van der Waals surface area contributed by atoms with Gasteiger partial charge >= 0.3 is 0 Å². The van der Waals surface area contributed by atoms with E-state index >= 15 is 0 Å². The lowest BCUT2D eigenvalue weighted by molar-refractivity contribution is 0.0125. The molecule has 2 fully saturated rings. The van der Waals surface area contributed by atoms with Crippen molar-refractivity contribution in [1.82, 2.24) is 19.9 Å². The number of hydrogen-bond donors (Lipinski definition) is 1. The highest BCUT2D eigenvalue weighted by Gasteiger charge is 2.46. The molecule has 6 nitrogen and oxygen atoms in total. The molecular weight excluding hydrogens is 467 g/mol. The second-order valence-electron chi connectivity index (χ2n) is 9.23. The topological polar surface area (TPSA) is 57.2 Å². The highest BCUT2D eigenvalue weighted by molar-refractivity contribution is 5.90. The van der Waals surface area contributed by atoms with E-state index in [0.717, 1.165) is 6.07 Å². The van der Waals surface area contributed by atoms with Gasteiger partial charge in [-0.1, -0.05) is 18.2 Å². The second kappa shape index (κ2) is 8.85. The van der Waals surface area contributed by atoms with Gasteiger partial charge in [0.05, 0.1) is 29.9 Å². The number of fused-ring (bicyclic) bond motifs is 2.